The Morgan fingerprint density at radius 3 is 2.39 bits per heavy atom. The zero-order chi connectivity index (χ0) is 25.7. The first-order valence-electron chi connectivity index (χ1n) is 11.5. The van der Waals surface area contributed by atoms with Gasteiger partial charge in [-0.25, -0.2) is 14.8 Å². The summed E-state index contributed by atoms with van der Waals surface area (Å²) in [4.78, 5) is 38.0. The maximum Gasteiger partial charge on any atom is 0.412 e. The third-order valence-electron chi connectivity index (χ3n) is 5.17. The SMILES string of the molecule is CS/C(=N\c1ccccc1)N1CCc2nc(C(=O)Nc3ccccc3NC(=O)OC(C)(C)C)sc2C1. The molecule has 1 aliphatic rings. The fourth-order valence-corrected chi connectivity index (χ4v) is 5.23. The summed E-state index contributed by atoms with van der Waals surface area (Å²) in [5.74, 6) is -0.317. The van der Waals surface area contributed by atoms with Crippen LogP contribution in [0.3, 0.4) is 0 Å². The largest absolute Gasteiger partial charge is 0.444 e. The maximum atomic E-state index is 13.1. The Kier molecular flexibility index (Phi) is 7.95. The summed E-state index contributed by atoms with van der Waals surface area (Å²) in [5, 5.41) is 6.91. The molecule has 0 saturated heterocycles. The van der Waals surface area contributed by atoms with Gasteiger partial charge in [0.15, 0.2) is 10.2 Å². The number of benzene rings is 2. The molecule has 2 N–H and O–H groups in total. The van der Waals surface area contributed by atoms with Gasteiger partial charge < -0.3 is 15.0 Å². The Morgan fingerprint density at radius 2 is 1.72 bits per heavy atom. The minimum absolute atomic E-state index is 0.317. The van der Waals surface area contributed by atoms with Crippen molar-refractivity contribution in [3.8, 4) is 0 Å². The molecular weight excluding hydrogens is 494 g/mol. The van der Waals surface area contributed by atoms with E-state index in [0.717, 1.165) is 34.4 Å². The number of thioether (sulfide) groups is 1. The Labute approximate surface area is 219 Å². The first-order chi connectivity index (χ1) is 17.2. The van der Waals surface area contributed by atoms with Crippen LogP contribution < -0.4 is 10.6 Å². The molecule has 0 spiro atoms. The number of carbonyl (C=O) groups is 2. The third kappa shape index (κ3) is 6.64. The van der Waals surface area contributed by atoms with Crippen LogP contribution in [0.5, 0.6) is 0 Å². The molecule has 4 rings (SSSR count). The number of nitrogens with zero attached hydrogens (tertiary/aromatic N) is 3. The smallest absolute Gasteiger partial charge is 0.412 e. The van der Waals surface area contributed by atoms with Crippen molar-refractivity contribution in [2.24, 2.45) is 4.99 Å². The number of thiazole rings is 1. The number of fused-ring (bicyclic) bond motifs is 1. The number of anilines is 2. The summed E-state index contributed by atoms with van der Waals surface area (Å²) in [5.41, 5.74) is 2.16. The number of amides is 2. The maximum absolute atomic E-state index is 13.1. The summed E-state index contributed by atoms with van der Waals surface area (Å²) in [6.45, 7) is 6.82. The van der Waals surface area contributed by atoms with Crippen LogP contribution in [0.15, 0.2) is 59.6 Å². The lowest BCUT2D eigenvalue weighted by atomic mass is 10.2. The number of amidine groups is 1. The molecular formula is C26H29N5O3S2. The standard InChI is InChI=1S/C26H29N5O3S2/c1-26(2,3)34-25(33)30-19-13-9-8-12-18(19)28-22(32)23-29-20-14-15-31(16-21(20)36-23)24(35-4)27-17-10-6-5-7-11-17/h5-13H,14-16H2,1-4H3,(H,28,32)(H,30,33)/b27-24-. The average Bonchev–Trinajstić information content (AvgIpc) is 3.27. The lowest BCUT2D eigenvalue weighted by molar-refractivity contribution is 0.0635. The topological polar surface area (TPSA) is 95.9 Å². The molecule has 0 bridgehead atoms. The second kappa shape index (κ2) is 11.1. The van der Waals surface area contributed by atoms with Crippen molar-refractivity contribution in [1.29, 1.82) is 0 Å². The lowest BCUT2D eigenvalue weighted by Gasteiger charge is -2.28. The molecule has 8 nitrogen and oxygen atoms in total. The molecule has 0 aliphatic carbocycles. The number of para-hydroxylation sites is 3. The number of rotatable bonds is 4. The zero-order valence-corrected chi connectivity index (χ0v) is 22.3. The van der Waals surface area contributed by atoms with Crippen LogP contribution in [-0.2, 0) is 17.7 Å². The van der Waals surface area contributed by atoms with Gasteiger partial charge >= 0.3 is 6.09 Å². The normalized spacial score (nSPS) is 13.7. The van der Waals surface area contributed by atoms with E-state index in [1.165, 1.54) is 11.3 Å². The van der Waals surface area contributed by atoms with Crippen molar-refractivity contribution in [1.82, 2.24) is 9.88 Å². The molecule has 0 atom stereocenters. The minimum Gasteiger partial charge on any atom is -0.444 e. The van der Waals surface area contributed by atoms with Crippen molar-refractivity contribution < 1.29 is 14.3 Å². The Balaban J connectivity index is 1.46. The van der Waals surface area contributed by atoms with E-state index >= 15 is 0 Å². The van der Waals surface area contributed by atoms with Gasteiger partial charge in [0.2, 0.25) is 0 Å². The Hall–Kier alpha value is -3.37. The molecule has 1 aromatic heterocycles. The van der Waals surface area contributed by atoms with Crippen LogP contribution in [0.25, 0.3) is 0 Å². The molecule has 36 heavy (non-hydrogen) atoms. The van der Waals surface area contributed by atoms with E-state index in [0.29, 0.717) is 22.9 Å². The lowest BCUT2D eigenvalue weighted by Crippen LogP contribution is -2.33. The number of ether oxygens (including phenoxy) is 1. The first kappa shape index (κ1) is 25.7. The number of hydrogen-bond acceptors (Lipinski definition) is 7. The number of carbonyl (C=O) groups excluding carboxylic acids is 2. The van der Waals surface area contributed by atoms with Gasteiger partial charge in [-0.05, 0) is 51.3 Å². The van der Waals surface area contributed by atoms with Gasteiger partial charge in [0, 0.05) is 17.8 Å². The molecule has 2 amide bonds. The van der Waals surface area contributed by atoms with Gasteiger partial charge in [-0.15, -0.1) is 11.3 Å². The van der Waals surface area contributed by atoms with Crippen molar-refractivity contribution >= 4 is 57.3 Å². The van der Waals surface area contributed by atoms with E-state index < -0.39 is 11.7 Å². The van der Waals surface area contributed by atoms with E-state index in [2.05, 4.69) is 20.5 Å². The van der Waals surface area contributed by atoms with E-state index in [1.807, 2.05) is 36.6 Å². The highest BCUT2D eigenvalue weighted by molar-refractivity contribution is 8.13. The summed E-state index contributed by atoms with van der Waals surface area (Å²) in [6, 6.07) is 16.9. The third-order valence-corrected chi connectivity index (χ3v) is 6.97. The van der Waals surface area contributed by atoms with Gasteiger partial charge in [0.05, 0.1) is 29.3 Å². The average molecular weight is 524 g/mol. The van der Waals surface area contributed by atoms with E-state index in [4.69, 9.17) is 9.73 Å². The van der Waals surface area contributed by atoms with Gasteiger partial charge in [-0.2, -0.15) is 0 Å². The summed E-state index contributed by atoms with van der Waals surface area (Å²) in [6.07, 6.45) is 2.17. The molecule has 2 heterocycles. The molecule has 2 aromatic carbocycles. The molecule has 10 heteroatoms. The monoisotopic (exact) mass is 523 g/mol. The molecule has 0 radical (unpaired) electrons. The Morgan fingerprint density at radius 1 is 1.06 bits per heavy atom. The number of nitrogens with one attached hydrogen (secondary N) is 2. The number of aliphatic imine (C=N–C) groups is 1. The van der Waals surface area contributed by atoms with Crippen LogP contribution in [0.2, 0.25) is 0 Å². The van der Waals surface area contributed by atoms with Gasteiger partial charge in [0.1, 0.15) is 5.60 Å². The first-order valence-corrected chi connectivity index (χ1v) is 13.6. The highest BCUT2D eigenvalue weighted by Gasteiger charge is 2.25. The second-order valence-corrected chi connectivity index (χ2v) is 11.0. The van der Waals surface area contributed by atoms with Crippen molar-refractivity contribution in [3.63, 3.8) is 0 Å². The van der Waals surface area contributed by atoms with E-state index in [1.54, 1.807) is 56.8 Å². The van der Waals surface area contributed by atoms with Gasteiger partial charge in [-0.1, -0.05) is 42.1 Å². The van der Waals surface area contributed by atoms with Crippen molar-refractivity contribution in [3.05, 3.63) is 70.2 Å². The van der Waals surface area contributed by atoms with Crippen molar-refractivity contribution in [2.45, 2.75) is 39.3 Å². The predicted octanol–water partition coefficient (Wildman–Crippen LogP) is 6.15. The van der Waals surface area contributed by atoms with Crippen LogP contribution >= 0.6 is 23.1 Å². The van der Waals surface area contributed by atoms with Crippen LogP contribution in [-0.4, -0.2) is 45.5 Å². The summed E-state index contributed by atoms with van der Waals surface area (Å²) < 4.78 is 5.33. The van der Waals surface area contributed by atoms with Crippen molar-refractivity contribution in [2.75, 3.05) is 23.4 Å². The van der Waals surface area contributed by atoms with Gasteiger partial charge in [-0.3, -0.25) is 10.1 Å². The predicted molar refractivity (Wildman–Crippen MR) is 148 cm³/mol. The molecule has 188 valence electrons. The molecule has 1 aliphatic heterocycles. The van der Waals surface area contributed by atoms with Crippen LogP contribution in [0.4, 0.5) is 21.9 Å². The molecule has 3 aromatic rings. The number of hydrogen-bond donors (Lipinski definition) is 2. The highest BCUT2D eigenvalue weighted by Crippen LogP contribution is 2.29. The highest BCUT2D eigenvalue weighted by atomic mass is 32.2. The quantitative estimate of drug-likeness (QED) is 0.314. The summed E-state index contributed by atoms with van der Waals surface area (Å²) in [7, 11) is 0. The van der Waals surface area contributed by atoms with E-state index in [9.17, 15) is 9.59 Å². The van der Waals surface area contributed by atoms with Gasteiger partial charge in [0.25, 0.3) is 5.91 Å². The molecule has 0 unspecified atom stereocenters. The molecule has 0 saturated carbocycles. The fourth-order valence-electron chi connectivity index (χ4n) is 3.60. The van der Waals surface area contributed by atoms with Crippen LogP contribution in [0.1, 0.15) is 41.1 Å². The fraction of sp³-hybridized carbons (Fsp3) is 0.308. The second-order valence-electron chi connectivity index (χ2n) is 9.12. The minimum atomic E-state index is -0.627. The Bertz CT molecular complexity index is 1270. The van der Waals surface area contributed by atoms with Crippen LogP contribution in [0, 0.1) is 0 Å². The summed E-state index contributed by atoms with van der Waals surface area (Å²) >= 11 is 2.99. The number of aromatic nitrogens is 1. The molecule has 0 fully saturated rings. The zero-order valence-electron chi connectivity index (χ0n) is 20.7. The van der Waals surface area contributed by atoms with E-state index in [-0.39, 0.29) is 5.91 Å².